The van der Waals surface area contributed by atoms with Crippen LogP contribution in [0.25, 0.3) is 0 Å². The van der Waals surface area contributed by atoms with Crippen LogP contribution in [-0.4, -0.2) is 65.6 Å². The van der Waals surface area contributed by atoms with Crippen LogP contribution in [-0.2, 0) is 10.3 Å². The summed E-state index contributed by atoms with van der Waals surface area (Å²) in [5, 5.41) is 10.3. The largest absolute Gasteiger partial charge is 0.386 e. The molecule has 0 saturated carbocycles. The lowest BCUT2D eigenvalue weighted by molar-refractivity contribution is -0.180. The van der Waals surface area contributed by atoms with Gasteiger partial charge in [0.25, 0.3) is 12.3 Å². The Morgan fingerprint density at radius 1 is 1.21 bits per heavy atom. The molecule has 1 spiro atoms. The van der Waals surface area contributed by atoms with Crippen molar-refractivity contribution in [3.63, 3.8) is 0 Å². The Labute approximate surface area is 201 Å². The van der Waals surface area contributed by atoms with Crippen LogP contribution in [0.2, 0.25) is 0 Å². The van der Waals surface area contributed by atoms with E-state index in [2.05, 4.69) is 0 Å². The molecular weight excluding hydrogens is 438 g/mol. The number of hydrogen-bond donors (Lipinski definition) is 1. The van der Waals surface area contributed by atoms with E-state index >= 15 is 0 Å². The SMILES string of the molecule is Cc1cc(C(=O)N2CCC3(CC2)CN(CC(F)F)CC(c2ccccc2)O3)ccc1C(C)(C)O.[HH]. The molecule has 2 fully saturated rings. The lowest BCUT2D eigenvalue weighted by Gasteiger charge is -2.50. The molecule has 7 heteroatoms. The minimum atomic E-state index is -2.40. The number of rotatable bonds is 5. The van der Waals surface area contributed by atoms with Gasteiger partial charge in [-0.05, 0) is 62.4 Å². The van der Waals surface area contributed by atoms with Gasteiger partial charge in [0, 0.05) is 33.2 Å². The van der Waals surface area contributed by atoms with Crippen LogP contribution in [0, 0.1) is 6.92 Å². The van der Waals surface area contributed by atoms with Crippen molar-refractivity contribution in [1.82, 2.24) is 9.80 Å². The van der Waals surface area contributed by atoms with Gasteiger partial charge in [0.2, 0.25) is 0 Å². The first-order valence-corrected chi connectivity index (χ1v) is 11.9. The molecule has 0 bridgehead atoms. The fraction of sp³-hybridized carbons (Fsp3) is 0.519. The summed E-state index contributed by atoms with van der Waals surface area (Å²) in [6.07, 6.45) is -1.47. The van der Waals surface area contributed by atoms with Crippen LogP contribution < -0.4 is 0 Å². The van der Waals surface area contributed by atoms with E-state index in [1.807, 2.05) is 59.2 Å². The zero-order valence-electron chi connectivity index (χ0n) is 20.1. The van der Waals surface area contributed by atoms with Crippen LogP contribution in [0.1, 0.15) is 61.3 Å². The third kappa shape index (κ3) is 5.48. The Hall–Kier alpha value is -2.35. The highest BCUT2D eigenvalue weighted by atomic mass is 19.3. The molecule has 0 aromatic heterocycles. The molecule has 1 unspecified atom stereocenters. The first kappa shape index (κ1) is 24.8. The number of aliphatic hydroxyl groups is 1. The van der Waals surface area contributed by atoms with Crippen LogP contribution in [0.4, 0.5) is 8.78 Å². The Balaban J connectivity index is 0.00000342. The van der Waals surface area contributed by atoms with Gasteiger partial charge < -0.3 is 14.7 Å². The van der Waals surface area contributed by atoms with E-state index < -0.39 is 17.6 Å². The van der Waals surface area contributed by atoms with Crippen molar-refractivity contribution in [2.24, 2.45) is 0 Å². The van der Waals surface area contributed by atoms with Crippen molar-refractivity contribution in [2.75, 3.05) is 32.7 Å². The van der Waals surface area contributed by atoms with Gasteiger partial charge in [-0.15, -0.1) is 0 Å². The van der Waals surface area contributed by atoms with E-state index in [0.717, 1.165) is 16.7 Å². The maximum absolute atomic E-state index is 13.2. The van der Waals surface area contributed by atoms with Crippen LogP contribution in [0.3, 0.4) is 0 Å². The van der Waals surface area contributed by atoms with Crippen molar-refractivity contribution in [3.05, 3.63) is 70.8 Å². The van der Waals surface area contributed by atoms with Gasteiger partial charge in [0.1, 0.15) is 0 Å². The molecule has 186 valence electrons. The molecule has 1 N–H and O–H groups in total. The molecule has 34 heavy (non-hydrogen) atoms. The number of likely N-dealkylation sites (tertiary alicyclic amines) is 1. The first-order valence-electron chi connectivity index (χ1n) is 11.9. The molecular formula is C27H36F2N2O3. The van der Waals surface area contributed by atoms with E-state index in [9.17, 15) is 18.7 Å². The number of carbonyl (C=O) groups is 1. The van der Waals surface area contributed by atoms with Crippen molar-refractivity contribution < 1.29 is 24.8 Å². The van der Waals surface area contributed by atoms with Gasteiger partial charge >= 0.3 is 0 Å². The fourth-order valence-corrected chi connectivity index (χ4v) is 5.32. The average molecular weight is 475 g/mol. The molecule has 0 aliphatic carbocycles. The highest BCUT2D eigenvalue weighted by Crippen LogP contribution is 2.38. The monoisotopic (exact) mass is 474 g/mol. The molecule has 1 atom stereocenters. The third-order valence-corrected chi connectivity index (χ3v) is 6.99. The molecule has 2 aliphatic rings. The van der Waals surface area contributed by atoms with E-state index in [-0.39, 0.29) is 20.0 Å². The summed E-state index contributed by atoms with van der Waals surface area (Å²) in [5.74, 6) is -0.0555. The summed E-state index contributed by atoms with van der Waals surface area (Å²) in [7, 11) is 0. The van der Waals surface area contributed by atoms with Crippen LogP contribution >= 0.6 is 0 Å². The summed E-state index contributed by atoms with van der Waals surface area (Å²) in [5.41, 5.74) is 1.72. The number of aryl methyl sites for hydroxylation is 1. The lowest BCUT2D eigenvalue weighted by Crippen LogP contribution is -2.58. The third-order valence-electron chi connectivity index (χ3n) is 6.99. The smallest absolute Gasteiger partial charge is 0.253 e. The Bertz CT molecular complexity index is 1010. The van der Waals surface area contributed by atoms with Crippen molar-refractivity contribution in [3.8, 4) is 0 Å². The van der Waals surface area contributed by atoms with Gasteiger partial charge in [-0.25, -0.2) is 8.78 Å². The maximum atomic E-state index is 13.2. The molecule has 2 aliphatic heterocycles. The number of nitrogens with zero attached hydrogens (tertiary/aromatic N) is 2. The Kier molecular flexibility index (Phi) is 7.08. The van der Waals surface area contributed by atoms with E-state index in [4.69, 9.17) is 4.74 Å². The maximum Gasteiger partial charge on any atom is 0.253 e. The number of carbonyl (C=O) groups excluding carboxylic acids is 1. The summed E-state index contributed by atoms with van der Waals surface area (Å²) in [4.78, 5) is 16.8. The number of alkyl halides is 2. The number of morpholine rings is 1. The molecule has 1 amide bonds. The molecule has 2 aromatic carbocycles. The Morgan fingerprint density at radius 3 is 2.47 bits per heavy atom. The van der Waals surface area contributed by atoms with E-state index in [0.29, 0.717) is 44.6 Å². The number of halogens is 2. The van der Waals surface area contributed by atoms with Crippen LogP contribution in [0.5, 0.6) is 0 Å². The van der Waals surface area contributed by atoms with Gasteiger partial charge in [-0.3, -0.25) is 9.69 Å². The quantitative estimate of drug-likeness (QED) is 0.678. The number of amides is 1. The molecule has 2 heterocycles. The van der Waals surface area contributed by atoms with E-state index in [1.54, 1.807) is 19.9 Å². The normalized spacial score (nSPS) is 21.3. The molecule has 0 radical (unpaired) electrons. The summed E-state index contributed by atoms with van der Waals surface area (Å²) in [6.45, 7) is 6.98. The summed E-state index contributed by atoms with van der Waals surface area (Å²) < 4.78 is 33.1. The second-order valence-electron chi connectivity index (χ2n) is 10.2. The van der Waals surface area contributed by atoms with E-state index in [1.165, 1.54) is 0 Å². The predicted molar refractivity (Wildman–Crippen MR) is 129 cm³/mol. The first-order chi connectivity index (χ1) is 16.1. The van der Waals surface area contributed by atoms with Gasteiger partial charge in [0.05, 0.1) is 23.9 Å². The zero-order chi connectivity index (χ0) is 24.5. The minimum Gasteiger partial charge on any atom is -0.386 e. The van der Waals surface area contributed by atoms with Crippen molar-refractivity contribution in [1.29, 1.82) is 0 Å². The molecule has 4 rings (SSSR count). The van der Waals surface area contributed by atoms with Crippen molar-refractivity contribution in [2.45, 2.75) is 57.3 Å². The molecule has 5 nitrogen and oxygen atoms in total. The highest BCUT2D eigenvalue weighted by molar-refractivity contribution is 5.94. The predicted octanol–water partition coefficient (Wildman–Crippen LogP) is 4.78. The molecule has 2 aromatic rings. The summed E-state index contributed by atoms with van der Waals surface area (Å²) in [6, 6.07) is 15.1. The average Bonchev–Trinajstić information content (AvgIpc) is 2.78. The number of hydrogen-bond acceptors (Lipinski definition) is 4. The second-order valence-corrected chi connectivity index (χ2v) is 10.2. The molecule has 2 saturated heterocycles. The zero-order valence-corrected chi connectivity index (χ0v) is 20.1. The van der Waals surface area contributed by atoms with Gasteiger partial charge in [-0.2, -0.15) is 0 Å². The fourth-order valence-electron chi connectivity index (χ4n) is 5.32. The minimum absolute atomic E-state index is 0. The van der Waals surface area contributed by atoms with Crippen LogP contribution in [0.15, 0.2) is 48.5 Å². The van der Waals surface area contributed by atoms with Gasteiger partial charge in [-0.1, -0.05) is 36.4 Å². The number of piperidine rings is 1. The van der Waals surface area contributed by atoms with Crippen molar-refractivity contribution >= 4 is 5.91 Å². The number of benzene rings is 2. The topological polar surface area (TPSA) is 53.0 Å². The lowest BCUT2D eigenvalue weighted by atomic mass is 9.87. The Morgan fingerprint density at radius 2 is 1.88 bits per heavy atom. The highest BCUT2D eigenvalue weighted by Gasteiger charge is 2.44. The standard InChI is InChI=1S/C27H34F2N2O3.H2/c1-19-15-21(9-10-22(19)26(2,3)33)25(32)31-13-11-27(12-14-31)18-30(17-24(28)29)16-23(34-27)20-7-5-4-6-8-20;/h4-10,15,23-24,33H,11-14,16-18H2,1-3H3;1H. The summed E-state index contributed by atoms with van der Waals surface area (Å²) >= 11 is 0. The number of ether oxygens (including phenoxy) is 1. The van der Waals surface area contributed by atoms with Gasteiger partial charge in [0.15, 0.2) is 0 Å². The second kappa shape index (κ2) is 9.72.